The Hall–Kier alpha value is -0.650. The Morgan fingerprint density at radius 3 is 2.20 bits per heavy atom. The molecule has 0 unspecified atom stereocenters. The number of Topliss-reactive ketones (excluding diaryl/α,β-unsaturated/α-hetero) is 1. The van der Waals surface area contributed by atoms with E-state index >= 15 is 0 Å². The Bertz CT molecular complexity index is 611. The van der Waals surface area contributed by atoms with Gasteiger partial charge in [0, 0.05) is 4.47 Å². The second-order valence-corrected chi connectivity index (χ2v) is 7.13. The minimum Gasteiger partial charge on any atom is -0.507 e. The number of benzene rings is 2. The summed E-state index contributed by atoms with van der Waals surface area (Å²) in [6.07, 6.45) is 0. The van der Waals surface area contributed by atoms with Gasteiger partial charge in [0.2, 0.25) is 0 Å². The lowest BCUT2D eigenvalue weighted by Crippen LogP contribution is -2.19. The highest BCUT2D eigenvalue weighted by atomic mass is 79.9. The van der Waals surface area contributed by atoms with Gasteiger partial charge in [0.05, 0.1) is 15.2 Å². The molecule has 0 fully saturated rings. The normalized spacial score (nSPS) is 13.8. The summed E-state index contributed by atoms with van der Waals surface area (Å²) in [5.74, 6) is -0.162. The van der Waals surface area contributed by atoms with Crippen molar-refractivity contribution in [1.29, 1.82) is 0 Å². The number of halogens is 3. The molecule has 0 aliphatic rings. The number of carbonyl (C=O) groups excluding carboxylic acids is 1. The maximum Gasteiger partial charge on any atom is 0.181 e. The van der Waals surface area contributed by atoms with Crippen molar-refractivity contribution in [2.75, 3.05) is 0 Å². The van der Waals surface area contributed by atoms with Gasteiger partial charge in [-0.1, -0.05) is 72.1 Å². The van der Waals surface area contributed by atoms with Crippen LogP contribution in [-0.4, -0.2) is 15.7 Å². The molecular weight excluding hydrogens is 452 g/mol. The zero-order valence-electron chi connectivity index (χ0n) is 10.3. The van der Waals surface area contributed by atoms with E-state index in [1.807, 2.05) is 24.3 Å². The third-order valence-electron chi connectivity index (χ3n) is 2.87. The van der Waals surface area contributed by atoms with E-state index in [9.17, 15) is 9.90 Å². The molecule has 0 radical (unpaired) electrons. The second kappa shape index (κ2) is 6.87. The van der Waals surface area contributed by atoms with Crippen molar-refractivity contribution >= 4 is 53.6 Å². The van der Waals surface area contributed by atoms with Gasteiger partial charge in [-0.2, -0.15) is 0 Å². The first-order valence-electron chi connectivity index (χ1n) is 5.86. The van der Waals surface area contributed by atoms with Crippen LogP contribution >= 0.6 is 47.8 Å². The molecule has 0 heterocycles. The van der Waals surface area contributed by atoms with Crippen molar-refractivity contribution in [2.24, 2.45) is 0 Å². The minimum atomic E-state index is -0.461. The van der Waals surface area contributed by atoms with Gasteiger partial charge in [0.1, 0.15) is 5.75 Å². The summed E-state index contributed by atoms with van der Waals surface area (Å²) >= 11 is 10.3. The minimum absolute atomic E-state index is 0.00236. The number of carbonyl (C=O) groups is 1. The lowest BCUT2D eigenvalue weighted by atomic mass is 10.0. The standard InChI is InChI=1S/C15H11Br3O2/c16-10-7-5-9(6-8-10)13(17)14(18)15(20)11-3-1-2-4-12(11)19/h1-8,13-14,19H/t13-,14-/m0/s1. The van der Waals surface area contributed by atoms with Gasteiger partial charge in [0.15, 0.2) is 5.78 Å². The Kier molecular flexibility index (Phi) is 5.41. The number of para-hydroxylation sites is 1. The largest absolute Gasteiger partial charge is 0.507 e. The molecule has 2 atom stereocenters. The van der Waals surface area contributed by atoms with E-state index in [-0.39, 0.29) is 16.4 Å². The molecule has 0 spiro atoms. The summed E-state index contributed by atoms with van der Waals surface area (Å²) in [7, 11) is 0. The number of aromatic hydroxyl groups is 1. The molecular formula is C15H11Br3O2. The van der Waals surface area contributed by atoms with Crippen molar-refractivity contribution in [2.45, 2.75) is 9.65 Å². The summed E-state index contributed by atoms with van der Waals surface area (Å²) in [5.41, 5.74) is 1.30. The quantitative estimate of drug-likeness (QED) is 0.498. The molecule has 2 aromatic rings. The molecule has 0 saturated heterocycles. The van der Waals surface area contributed by atoms with Gasteiger partial charge in [-0.05, 0) is 29.8 Å². The van der Waals surface area contributed by atoms with Crippen LogP contribution in [0, 0.1) is 0 Å². The van der Waals surface area contributed by atoms with Gasteiger partial charge in [0.25, 0.3) is 0 Å². The number of hydrogen-bond donors (Lipinski definition) is 1. The van der Waals surface area contributed by atoms with Crippen LogP contribution in [0.4, 0.5) is 0 Å². The zero-order chi connectivity index (χ0) is 14.7. The van der Waals surface area contributed by atoms with E-state index in [1.165, 1.54) is 6.07 Å². The van der Waals surface area contributed by atoms with Gasteiger partial charge in [-0.25, -0.2) is 0 Å². The van der Waals surface area contributed by atoms with Crippen molar-refractivity contribution in [3.05, 3.63) is 64.1 Å². The number of hydrogen-bond acceptors (Lipinski definition) is 2. The topological polar surface area (TPSA) is 37.3 Å². The lowest BCUT2D eigenvalue weighted by molar-refractivity contribution is 0.0988. The summed E-state index contributed by atoms with van der Waals surface area (Å²) in [4.78, 5) is 11.8. The fraction of sp³-hybridized carbons (Fsp3) is 0.133. The van der Waals surface area contributed by atoms with Crippen molar-refractivity contribution < 1.29 is 9.90 Å². The molecule has 0 saturated carbocycles. The van der Waals surface area contributed by atoms with Gasteiger partial charge in [-0.3, -0.25) is 4.79 Å². The highest BCUT2D eigenvalue weighted by molar-refractivity contribution is 9.12. The number of phenols is 1. The van der Waals surface area contributed by atoms with E-state index in [0.717, 1.165) is 10.0 Å². The molecule has 104 valence electrons. The molecule has 2 aromatic carbocycles. The first-order valence-corrected chi connectivity index (χ1v) is 8.49. The van der Waals surface area contributed by atoms with E-state index in [4.69, 9.17) is 0 Å². The van der Waals surface area contributed by atoms with E-state index in [0.29, 0.717) is 5.56 Å². The van der Waals surface area contributed by atoms with Crippen LogP contribution in [0.2, 0.25) is 0 Å². The van der Waals surface area contributed by atoms with Crippen LogP contribution in [0.25, 0.3) is 0 Å². The van der Waals surface area contributed by atoms with E-state index in [1.54, 1.807) is 18.2 Å². The average Bonchev–Trinajstić information content (AvgIpc) is 2.46. The maximum atomic E-state index is 12.4. The van der Waals surface area contributed by atoms with Crippen LogP contribution in [0.3, 0.4) is 0 Å². The van der Waals surface area contributed by atoms with Crippen molar-refractivity contribution in [3.63, 3.8) is 0 Å². The molecule has 5 heteroatoms. The SMILES string of the molecule is O=C(c1ccccc1O)[C@@H](Br)[C@@H](Br)c1ccc(Br)cc1. The Balaban J connectivity index is 2.22. The highest BCUT2D eigenvalue weighted by Crippen LogP contribution is 2.35. The monoisotopic (exact) mass is 460 g/mol. The van der Waals surface area contributed by atoms with Gasteiger partial charge in [-0.15, -0.1) is 0 Å². The zero-order valence-corrected chi connectivity index (χ0v) is 15.0. The van der Waals surface area contributed by atoms with Crippen LogP contribution < -0.4 is 0 Å². The highest BCUT2D eigenvalue weighted by Gasteiger charge is 2.27. The predicted molar refractivity (Wildman–Crippen MR) is 91.0 cm³/mol. The van der Waals surface area contributed by atoms with Crippen LogP contribution in [0.1, 0.15) is 20.7 Å². The van der Waals surface area contributed by atoms with E-state index in [2.05, 4.69) is 47.8 Å². The number of phenolic OH excluding ortho intramolecular Hbond substituents is 1. The van der Waals surface area contributed by atoms with Crippen LogP contribution in [0.5, 0.6) is 5.75 Å². The maximum absolute atomic E-state index is 12.4. The van der Waals surface area contributed by atoms with Gasteiger partial charge < -0.3 is 5.11 Å². The average molecular weight is 463 g/mol. The molecule has 2 rings (SSSR count). The Morgan fingerprint density at radius 2 is 1.60 bits per heavy atom. The summed E-state index contributed by atoms with van der Waals surface area (Å²) in [5, 5.41) is 9.76. The van der Waals surface area contributed by atoms with Crippen LogP contribution in [0.15, 0.2) is 53.0 Å². The fourth-order valence-corrected chi connectivity index (χ4v) is 3.14. The summed E-state index contributed by atoms with van der Waals surface area (Å²) < 4.78 is 0.985. The molecule has 0 bridgehead atoms. The molecule has 0 aliphatic carbocycles. The molecule has 2 nitrogen and oxygen atoms in total. The fourth-order valence-electron chi connectivity index (χ4n) is 1.78. The smallest absolute Gasteiger partial charge is 0.181 e. The lowest BCUT2D eigenvalue weighted by Gasteiger charge is -2.17. The number of rotatable bonds is 4. The molecule has 1 N–H and O–H groups in total. The first-order chi connectivity index (χ1) is 9.50. The summed E-state index contributed by atoms with van der Waals surface area (Å²) in [6, 6.07) is 14.3. The van der Waals surface area contributed by atoms with E-state index < -0.39 is 4.83 Å². The summed E-state index contributed by atoms with van der Waals surface area (Å²) in [6.45, 7) is 0. The second-order valence-electron chi connectivity index (χ2n) is 4.24. The van der Waals surface area contributed by atoms with Crippen molar-refractivity contribution in [3.8, 4) is 5.75 Å². The predicted octanol–water partition coefficient (Wildman–Crippen LogP) is 5.24. The van der Waals surface area contributed by atoms with Crippen LogP contribution in [-0.2, 0) is 0 Å². The molecule has 0 aromatic heterocycles. The molecule has 0 aliphatic heterocycles. The number of alkyl halides is 2. The molecule has 20 heavy (non-hydrogen) atoms. The van der Waals surface area contributed by atoms with Gasteiger partial charge >= 0.3 is 0 Å². The Morgan fingerprint density at radius 1 is 1.00 bits per heavy atom. The third-order valence-corrected chi connectivity index (χ3v) is 6.11. The number of ketones is 1. The van der Waals surface area contributed by atoms with Crippen molar-refractivity contribution in [1.82, 2.24) is 0 Å². The first kappa shape index (κ1) is 15.7. The third kappa shape index (κ3) is 3.51. The molecule has 0 amide bonds. The Labute approximate surface area is 142 Å².